The molecule has 3 aliphatic rings. The standard InChI is InChI=1S/C15H24N4O/c1-3-14-16-6-7-18(14)11-15(20)19-9-12-4-5-13(10-19)17(2)8-12/h6-7,12-13H,3-5,8-11H2,1-2H3/t12-,13-/m1/s1. The van der Waals surface area contributed by atoms with Crippen LogP contribution in [0.2, 0.25) is 0 Å². The third-order valence-corrected chi connectivity index (χ3v) is 4.76. The van der Waals surface area contributed by atoms with Crippen molar-refractivity contribution in [3.63, 3.8) is 0 Å². The van der Waals surface area contributed by atoms with E-state index in [1.807, 2.05) is 10.8 Å². The Bertz CT molecular complexity index is 484. The van der Waals surface area contributed by atoms with Crippen LogP contribution in [0.15, 0.2) is 12.4 Å². The predicted octanol–water partition coefficient (Wildman–Crippen LogP) is 0.998. The third-order valence-electron chi connectivity index (χ3n) is 4.76. The van der Waals surface area contributed by atoms with Gasteiger partial charge >= 0.3 is 0 Å². The number of aryl methyl sites for hydroxylation is 1. The number of hydrogen-bond acceptors (Lipinski definition) is 3. The second-order valence-electron chi connectivity index (χ2n) is 6.16. The molecule has 2 atom stereocenters. The van der Waals surface area contributed by atoms with Crippen LogP contribution < -0.4 is 0 Å². The van der Waals surface area contributed by atoms with E-state index in [4.69, 9.17) is 0 Å². The second kappa shape index (κ2) is 5.56. The van der Waals surface area contributed by atoms with Gasteiger partial charge in [-0.3, -0.25) is 4.79 Å². The fraction of sp³-hybridized carbons (Fsp3) is 0.733. The van der Waals surface area contributed by atoms with Gasteiger partial charge in [-0.1, -0.05) is 6.92 Å². The largest absolute Gasteiger partial charge is 0.339 e. The van der Waals surface area contributed by atoms with Crippen LogP contribution in [0.5, 0.6) is 0 Å². The normalized spacial score (nSPS) is 26.8. The number of piperidine rings is 1. The Kier molecular flexibility index (Phi) is 3.78. The molecule has 0 aromatic carbocycles. The number of nitrogens with zero attached hydrogens (tertiary/aromatic N) is 4. The number of rotatable bonds is 3. The van der Waals surface area contributed by atoms with E-state index in [0.29, 0.717) is 18.5 Å². The van der Waals surface area contributed by atoms with Gasteiger partial charge in [-0.15, -0.1) is 0 Å². The molecule has 0 saturated carbocycles. The van der Waals surface area contributed by atoms with E-state index in [1.165, 1.54) is 12.8 Å². The minimum absolute atomic E-state index is 0.241. The van der Waals surface area contributed by atoms with Crippen molar-refractivity contribution < 1.29 is 4.79 Å². The van der Waals surface area contributed by atoms with Gasteiger partial charge in [-0.05, 0) is 25.8 Å². The van der Waals surface area contributed by atoms with Gasteiger partial charge in [0.1, 0.15) is 12.4 Å². The minimum atomic E-state index is 0.241. The summed E-state index contributed by atoms with van der Waals surface area (Å²) in [5, 5.41) is 0. The van der Waals surface area contributed by atoms with Crippen molar-refractivity contribution in [1.29, 1.82) is 0 Å². The summed E-state index contributed by atoms with van der Waals surface area (Å²) in [6, 6.07) is 0.547. The van der Waals surface area contributed by atoms with Crippen molar-refractivity contribution in [1.82, 2.24) is 19.4 Å². The molecule has 0 radical (unpaired) electrons. The molecular formula is C15H24N4O. The summed E-state index contributed by atoms with van der Waals surface area (Å²) in [7, 11) is 2.19. The van der Waals surface area contributed by atoms with Crippen LogP contribution in [0.3, 0.4) is 0 Å². The summed E-state index contributed by atoms with van der Waals surface area (Å²) in [5.41, 5.74) is 0. The molecule has 0 N–H and O–H groups in total. The summed E-state index contributed by atoms with van der Waals surface area (Å²) in [6.07, 6.45) is 7.07. The van der Waals surface area contributed by atoms with Crippen molar-refractivity contribution in [2.45, 2.75) is 38.8 Å². The van der Waals surface area contributed by atoms with Crippen molar-refractivity contribution in [3.05, 3.63) is 18.2 Å². The Balaban J connectivity index is 1.68. The molecule has 20 heavy (non-hydrogen) atoms. The van der Waals surface area contributed by atoms with Crippen LogP contribution in [0.25, 0.3) is 0 Å². The lowest BCUT2D eigenvalue weighted by Gasteiger charge is -2.32. The molecule has 3 aliphatic heterocycles. The maximum absolute atomic E-state index is 12.6. The molecule has 1 amide bonds. The Hall–Kier alpha value is -1.36. The van der Waals surface area contributed by atoms with E-state index in [2.05, 4.69) is 28.8 Å². The van der Waals surface area contributed by atoms with Crippen LogP contribution in [-0.2, 0) is 17.8 Å². The first kappa shape index (κ1) is 13.6. The van der Waals surface area contributed by atoms with E-state index < -0.39 is 0 Å². The lowest BCUT2D eigenvalue weighted by atomic mass is 9.96. The predicted molar refractivity (Wildman–Crippen MR) is 77.3 cm³/mol. The zero-order valence-electron chi connectivity index (χ0n) is 12.5. The Morgan fingerprint density at radius 1 is 1.35 bits per heavy atom. The van der Waals surface area contributed by atoms with E-state index in [9.17, 15) is 4.79 Å². The topological polar surface area (TPSA) is 41.4 Å². The Labute approximate surface area is 120 Å². The monoisotopic (exact) mass is 276 g/mol. The molecule has 0 unspecified atom stereocenters. The molecule has 110 valence electrons. The molecule has 5 nitrogen and oxygen atoms in total. The van der Waals surface area contributed by atoms with Gasteiger partial charge in [0.2, 0.25) is 5.91 Å². The number of aromatic nitrogens is 2. The maximum atomic E-state index is 12.6. The molecule has 4 rings (SSSR count). The van der Waals surface area contributed by atoms with Gasteiger partial charge in [-0.25, -0.2) is 4.98 Å². The first-order chi connectivity index (χ1) is 9.67. The summed E-state index contributed by atoms with van der Waals surface area (Å²) in [4.78, 5) is 21.4. The zero-order valence-corrected chi connectivity index (χ0v) is 12.5. The van der Waals surface area contributed by atoms with Crippen LogP contribution in [0.1, 0.15) is 25.6 Å². The number of imidazole rings is 1. The van der Waals surface area contributed by atoms with E-state index in [1.54, 1.807) is 6.20 Å². The van der Waals surface area contributed by atoms with E-state index in [-0.39, 0.29) is 5.91 Å². The van der Waals surface area contributed by atoms with Crippen molar-refractivity contribution in [3.8, 4) is 0 Å². The van der Waals surface area contributed by atoms with Gasteiger partial charge in [-0.2, -0.15) is 0 Å². The zero-order chi connectivity index (χ0) is 14.1. The van der Waals surface area contributed by atoms with Crippen LogP contribution in [-0.4, -0.2) is 58.0 Å². The molecule has 3 fully saturated rings. The van der Waals surface area contributed by atoms with Gasteiger partial charge in [0, 0.05) is 44.5 Å². The van der Waals surface area contributed by atoms with Crippen LogP contribution >= 0.6 is 0 Å². The number of carbonyl (C=O) groups is 1. The van der Waals surface area contributed by atoms with Gasteiger partial charge < -0.3 is 14.4 Å². The number of carbonyl (C=O) groups excluding carboxylic acids is 1. The molecule has 1 aromatic heterocycles. The fourth-order valence-electron chi connectivity index (χ4n) is 3.56. The number of amides is 1. The molecular weight excluding hydrogens is 252 g/mol. The summed E-state index contributed by atoms with van der Waals surface area (Å²) in [6.45, 7) is 5.47. The molecule has 0 aliphatic carbocycles. The van der Waals surface area contributed by atoms with Crippen LogP contribution in [0.4, 0.5) is 0 Å². The SMILES string of the molecule is CCc1nccn1CC(=O)N1C[C@@H]2CC[C@H](C1)N(C)C2. The van der Waals surface area contributed by atoms with Crippen molar-refractivity contribution >= 4 is 5.91 Å². The highest BCUT2D eigenvalue weighted by molar-refractivity contribution is 5.76. The third kappa shape index (κ3) is 2.59. The number of hydrogen-bond donors (Lipinski definition) is 0. The lowest BCUT2D eigenvalue weighted by Crippen LogP contribution is -2.42. The number of fused-ring (bicyclic) bond motifs is 4. The van der Waals surface area contributed by atoms with Crippen molar-refractivity contribution in [2.75, 3.05) is 26.7 Å². The molecule has 3 saturated heterocycles. The maximum Gasteiger partial charge on any atom is 0.242 e. The fourth-order valence-corrected chi connectivity index (χ4v) is 3.56. The highest BCUT2D eigenvalue weighted by Crippen LogP contribution is 2.26. The Morgan fingerprint density at radius 2 is 2.20 bits per heavy atom. The first-order valence-corrected chi connectivity index (χ1v) is 7.65. The van der Waals surface area contributed by atoms with E-state index in [0.717, 1.165) is 31.9 Å². The Morgan fingerprint density at radius 3 is 2.95 bits per heavy atom. The van der Waals surface area contributed by atoms with Crippen molar-refractivity contribution in [2.24, 2.45) is 5.92 Å². The minimum Gasteiger partial charge on any atom is -0.339 e. The molecule has 2 bridgehead atoms. The lowest BCUT2D eigenvalue weighted by molar-refractivity contribution is -0.132. The average molecular weight is 276 g/mol. The number of likely N-dealkylation sites (N-methyl/N-ethyl adjacent to an activating group) is 1. The average Bonchev–Trinajstić information content (AvgIpc) is 2.68. The van der Waals surface area contributed by atoms with Gasteiger partial charge in [0.05, 0.1) is 0 Å². The summed E-state index contributed by atoms with van der Waals surface area (Å²) >= 11 is 0. The summed E-state index contributed by atoms with van der Waals surface area (Å²) < 4.78 is 1.98. The van der Waals surface area contributed by atoms with Crippen LogP contribution in [0, 0.1) is 5.92 Å². The second-order valence-corrected chi connectivity index (χ2v) is 6.16. The highest BCUT2D eigenvalue weighted by atomic mass is 16.2. The van der Waals surface area contributed by atoms with Gasteiger partial charge in [0.15, 0.2) is 0 Å². The smallest absolute Gasteiger partial charge is 0.242 e. The molecule has 1 aromatic rings. The quantitative estimate of drug-likeness (QED) is 0.827. The highest BCUT2D eigenvalue weighted by Gasteiger charge is 2.34. The van der Waals surface area contributed by atoms with E-state index >= 15 is 0 Å². The summed E-state index contributed by atoms with van der Waals surface area (Å²) in [5.74, 6) is 1.88. The molecule has 4 heterocycles. The first-order valence-electron chi connectivity index (χ1n) is 7.65. The molecule has 5 heteroatoms. The molecule has 0 spiro atoms. The van der Waals surface area contributed by atoms with Gasteiger partial charge in [0.25, 0.3) is 0 Å².